The minimum atomic E-state index is -0.291. The van der Waals surface area contributed by atoms with Crippen LogP contribution in [-0.4, -0.2) is 5.78 Å². The monoisotopic (exact) mass is 188 g/mol. The van der Waals surface area contributed by atoms with Gasteiger partial charge in [-0.1, -0.05) is 25.1 Å². The number of hydrogen-bond acceptors (Lipinski definition) is 1. The van der Waals surface area contributed by atoms with E-state index in [9.17, 15) is 4.79 Å². The second kappa shape index (κ2) is 2.69. The zero-order valence-corrected chi connectivity index (χ0v) is 9.22. The van der Waals surface area contributed by atoms with E-state index in [0.717, 1.165) is 0 Å². The van der Waals surface area contributed by atoms with E-state index in [-0.39, 0.29) is 11.3 Å². The molecule has 14 heavy (non-hydrogen) atoms. The fraction of sp³-hybridized carbons (Fsp3) is 0.462. The number of hydrogen-bond donors (Lipinski definition) is 0. The average molecular weight is 188 g/mol. The molecule has 1 atom stereocenters. The van der Waals surface area contributed by atoms with Gasteiger partial charge in [0.25, 0.3) is 0 Å². The topological polar surface area (TPSA) is 17.1 Å². The fourth-order valence-corrected chi connectivity index (χ4v) is 2.61. The number of aryl methyl sites for hydroxylation is 1. The van der Waals surface area contributed by atoms with Crippen molar-refractivity contribution in [1.29, 1.82) is 0 Å². The van der Waals surface area contributed by atoms with E-state index in [1.165, 1.54) is 16.7 Å². The van der Waals surface area contributed by atoms with Crippen molar-refractivity contribution in [3.8, 4) is 0 Å². The highest BCUT2D eigenvalue weighted by atomic mass is 16.1. The van der Waals surface area contributed by atoms with E-state index in [1.807, 2.05) is 26.8 Å². The summed E-state index contributed by atoms with van der Waals surface area (Å²) in [7, 11) is 0. The lowest BCUT2D eigenvalue weighted by atomic mass is 9.85. The molecule has 0 amide bonds. The van der Waals surface area contributed by atoms with Gasteiger partial charge in [-0.3, -0.25) is 4.79 Å². The Labute approximate surface area is 85.1 Å². The number of carbonyl (C=O) groups is 1. The van der Waals surface area contributed by atoms with Gasteiger partial charge in [-0.2, -0.15) is 0 Å². The molecule has 1 unspecified atom stereocenters. The quantitative estimate of drug-likeness (QED) is 0.611. The lowest BCUT2D eigenvalue weighted by molar-refractivity contribution is -0.123. The van der Waals surface area contributed by atoms with Crippen molar-refractivity contribution in [2.75, 3.05) is 0 Å². The first-order valence-electron chi connectivity index (χ1n) is 5.10. The van der Waals surface area contributed by atoms with E-state index < -0.39 is 0 Å². The first-order chi connectivity index (χ1) is 6.46. The first-order valence-corrected chi connectivity index (χ1v) is 5.10. The average Bonchev–Trinajstić information content (AvgIpc) is 2.30. The van der Waals surface area contributed by atoms with E-state index in [0.29, 0.717) is 5.78 Å². The molecule has 1 heteroatoms. The van der Waals surface area contributed by atoms with Crippen LogP contribution < -0.4 is 0 Å². The lowest BCUT2D eigenvalue weighted by Gasteiger charge is -2.17. The second-order valence-corrected chi connectivity index (χ2v) is 4.75. The Morgan fingerprint density at radius 1 is 1.29 bits per heavy atom. The summed E-state index contributed by atoms with van der Waals surface area (Å²) in [6.07, 6.45) is 0. The van der Waals surface area contributed by atoms with Crippen molar-refractivity contribution in [3.05, 3.63) is 34.9 Å². The maximum atomic E-state index is 12.0. The van der Waals surface area contributed by atoms with Gasteiger partial charge in [0, 0.05) is 11.3 Å². The predicted octanol–water partition coefficient (Wildman–Crippen LogP) is 2.96. The number of benzene rings is 1. The van der Waals surface area contributed by atoms with Gasteiger partial charge < -0.3 is 0 Å². The fourth-order valence-electron chi connectivity index (χ4n) is 2.61. The van der Waals surface area contributed by atoms with Crippen molar-refractivity contribution >= 4 is 5.78 Å². The third-order valence-corrected chi connectivity index (χ3v) is 3.44. The van der Waals surface area contributed by atoms with Gasteiger partial charge in [0.05, 0.1) is 0 Å². The summed E-state index contributed by atoms with van der Waals surface area (Å²) in [5, 5.41) is 0. The summed E-state index contributed by atoms with van der Waals surface area (Å²) in [4.78, 5) is 12.0. The van der Waals surface area contributed by atoms with Crippen LogP contribution in [0.4, 0.5) is 0 Å². The van der Waals surface area contributed by atoms with Crippen LogP contribution in [0.3, 0.4) is 0 Å². The van der Waals surface area contributed by atoms with Crippen LogP contribution in [0.15, 0.2) is 18.2 Å². The third kappa shape index (κ3) is 0.985. The molecular formula is C13H16O. The highest BCUT2D eigenvalue weighted by Crippen LogP contribution is 2.43. The highest BCUT2D eigenvalue weighted by Gasteiger charge is 2.43. The summed E-state index contributed by atoms with van der Waals surface area (Å²) >= 11 is 0. The number of Topliss-reactive ketones (excluding diaryl/α,β-unsaturated/α-hetero) is 1. The molecule has 1 aliphatic rings. The van der Waals surface area contributed by atoms with Crippen LogP contribution in [0.2, 0.25) is 0 Å². The maximum absolute atomic E-state index is 12.0. The van der Waals surface area contributed by atoms with Gasteiger partial charge in [0.1, 0.15) is 5.78 Å². The third-order valence-electron chi connectivity index (χ3n) is 3.44. The van der Waals surface area contributed by atoms with Crippen LogP contribution in [-0.2, 0) is 10.2 Å². The lowest BCUT2D eigenvalue weighted by Crippen LogP contribution is -2.24. The van der Waals surface area contributed by atoms with Gasteiger partial charge in [-0.25, -0.2) is 0 Å². The molecule has 1 nitrogen and oxygen atoms in total. The molecule has 1 aromatic rings. The molecule has 0 spiro atoms. The van der Waals surface area contributed by atoms with E-state index in [4.69, 9.17) is 0 Å². The Bertz CT molecular complexity index is 402. The molecule has 0 saturated carbocycles. The van der Waals surface area contributed by atoms with Gasteiger partial charge in [0.15, 0.2) is 0 Å². The maximum Gasteiger partial charge on any atom is 0.150 e. The number of ketones is 1. The molecule has 0 bridgehead atoms. The Kier molecular flexibility index (Phi) is 1.82. The van der Waals surface area contributed by atoms with Crippen LogP contribution >= 0.6 is 0 Å². The van der Waals surface area contributed by atoms with Gasteiger partial charge in [0.2, 0.25) is 0 Å². The van der Waals surface area contributed by atoms with Crippen LogP contribution in [0.1, 0.15) is 43.4 Å². The Morgan fingerprint density at radius 2 is 1.93 bits per heavy atom. The molecule has 1 aromatic carbocycles. The van der Waals surface area contributed by atoms with Crippen LogP contribution in [0.25, 0.3) is 0 Å². The molecule has 0 N–H and O–H groups in total. The zero-order chi connectivity index (χ0) is 10.5. The minimum Gasteiger partial charge on any atom is -0.298 e. The normalized spacial score (nSPS) is 23.7. The second-order valence-electron chi connectivity index (χ2n) is 4.75. The summed E-state index contributed by atoms with van der Waals surface area (Å²) in [5.41, 5.74) is 3.42. The van der Waals surface area contributed by atoms with E-state index in [2.05, 4.69) is 19.1 Å². The summed E-state index contributed by atoms with van der Waals surface area (Å²) < 4.78 is 0. The standard InChI is InChI=1S/C13H16O/c1-8-6-5-7-10-11(8)9(2)12(14)13(10,3)4/h5-7,9H,1-4H3. The highest BCUT2D eigenvalue weighted by molar-refractivity contribution is 5.99. The first kappa shape index (κ1) is 9.45. The van der Waals surface area contributed by atoms with Crippen molar-refractivity contribution < 1.29 is 4.79 Å². The van der Waals surface area contributed by atoms with Crippen molar-refractivity contribution in [3.63, 3.8) is 0 Å². The van der Waals surface area contributed by atoms with Crippen molar-refractivity contribution in [2.45, 2.75) is 39.0 Å². The Morgan fingerprint density at radius 3 is 2.50 bits per heavy atom. The van der Waals surface area contributed by atoms with Crippen molar-refractivity contribution in [1.82, 2.24) is 0 Å². The molecule has 2 rings (SSSR count). The van der Waals surface area contributed by atoms with E-state index >= 15 is 0 Å². The number of carbonyl (C=O) groups excluding carboxylic acids is 1. The van der Waals surface area contributed by atoms with Gasteiger partial charge in [-0.15, -0.1) is 0 Å². The van der Waals surface area contributed by atoms with Crippen LogP contribution in [0, 0.1) is 6.92 Å². The molecule has 0 aliphatic heterocycles. The molecule has 74 valence electrons. The molecule has 0 heterocycles. The molecule has 0 saturated heterocycles. The molecule has 0 aromatic heterocycles. The smallest absolute Gasteiger partial charge is 0.150 e. The Balaban J connectivity index is 2.74. The predicted molar refractivity (Wildman–Crippen MR) is 57.6 cm³/mol. The summed E-state index contributed by atoms with van der Waals surface area (Å²) in [6, 6.07) is 6.22. The Hall–Kier alpha value is -1.11. The summed E-state index contributed by atoms with van der Waals surface area (Å²) in [6.45, 7) is 8.15. The molecule has 0 radical (unpaired) electrons. The SMILES string of the molecule is Cc1cccc2c1C(C)C(=O)C2(C)C. The number of fused-ring (bicyclic) bond motifs is 1. The summed E-state index contributed by atoms with van der Waals surface area (Å²) in [5.74, 6) is 0.419. The number of rotatable bonds is 0. The zero-order valence-electron chi connectivity index (χ0n) is 9.22. The molecular weight excluding hydrogens is 172 g/mol. The van der Waals surface area contributed by atoms with Crippen molar-refractivity contribution in [2.24, 2.45) is 0 Å². The van der Waals surface area contributed by atoms with Crippen LogP contribution in [0.5, 0.6) is 0 Å². The van der Waals surface area contributed by atoms with Gasteiger partial charge >= 0.3 is 0 Å². The largest absolute Gasteiger partial charge is 0.298 e. The molecule has 0 fully saturated rings. The van der Waals surface area contributed by atoms with E-state index in [1.54, 1.807) is 0 Å². The molecule has 1 aliphatic carbocycles. The van der Waals surface area contributed by atoms with Gasteiger partial charge in [-0.05, 0) is 37.5 Å². The minimum absolute atomic E-state index is 0.0706.